The first-order valence-electron chi connectivity index (χ1n) is 6.34. The summed E-state index contributed by atoms with van der Waals surface area (Å²) in [6.07, 6.45) is 5.41. The Hall–Kier alpha value is -0.870. The van der Waals surface area contributed by atoms with E-state index < -0.39 is 0 Å². The van der Waals surface area contributed by atoms with Crippen LogP contribution in [0.15, 0.2) is 6.07 Å². The molecule has 94 valence electrons. The Bertz CT molecular complexity index is 379. The molecule has 1 aromatic rings. The predicted octanol–water partition coefficient (Wildman–Crippen LogP) is 1.98. The Labute approximate surface area is 106 Å². The van der Waals surface area contributed by atoms with Gasteiger partial charge >= 0.3 is 0 Å². The zero-order valence-electron chi connectivity index (χ0n) is 10.3. The summed E-state index contributed by atoms with van der Waals surface area (Å²) >= 11 is 1.83. The zero-order chi connectivity index (χ0) is 12.3. The first kappa shape index (κ1) is 12.6. The number of thiophene rings is 1. The molecule has 0 fully saturated rings. The molecule has 0 saturated carbocycles. The van der Waals surface area contributed by atoms with Gasteiger partial charge < -0.3 is 11.1 Å². The number of hydrogen-bond acceptors (Lipinski definition) is 3. The fourth-order valence-corrected chi connectivity index (χ4v) is 3.43. The Balaban J connectivity index is 1.83. The molecule has 1 aliphatic carbocycles. The van der Waals surface area contributed by atoms with Gasteiger partial charge in [0.15, 0.2) is 0 Å². The van der Waals surface area contributed by atoms with E-state index in [0.29, 0.717) is 6.54 Å². The average Bonchev–Trinajstić information content (AvgIpc) is 2.86. The largest absolute Gasteiger partial charge is 0.350 e. The molecule has 1 heterocycles. The quantitative estimate of drug-likeness (QED) is 0.842. The van der Waals surface area contributed by atoms with E-state index in [4.69, 9.17) is 5.73 Å². The normalized spacial score (nSPS) is 15.6. The Kier molecular flexibility index (Phi) is 4.18. The molecule has 0 bridgehead atoms. The highest BCUT2D eigenvalue weighted by atomic mass is 32.1. The minimum Gasteiger partial charge on any atom is -0.350 e. The van der Waals surface area contributed by atoms with Gasteiger partial charge in [-0.05, 0) is 37.3 Å². The summed E-state index contributed by atoms with van der Waals surface area (Å²) in [7, 11) is 0. The maximum Gasteiger partial charge on any atom is 0.237 e. The van der Waals surface area contributed by atoms with Crippen LogP contribution in [0, 0.1) is 0 Å². The van der Waals surface area contributed by atoms with Gasteiger partial charge in [-0.3, -0.25) is 4.79 Å². The highest BCUT2D eigenvalue weighted by Crippen LogP contribution is 2.30. The van der Waals surface area contributed by atoms with Crippen LogP contribution in [0.1, 0.15) is 41.5 Å². The first-order valence-corrected chi connectivity index (χ1v) is 7.16. The number of rotatable bonds is 5. The second-order valence-electron chi connectivity index (χ2n) is 4.63. The number of amides is 1. The zero-order valence-corrected chi connectivity index (χ0v) is 11.1. The van der Waals surface area contributed by atoms with Gasteiger partial charge in [0.1, 0.15) is 0 Å². The number of hydrogen-bond donors (Lipinski definition) is 2. The number of carbonyl (C=O) groups excluding carboxylic acids is 1. The van der Waals surface area contributed by atoms with Gasteiger partial charge in [-0.25, -0.2) is 0 Å². The molecular weight excluding hydrogens is 232 g/mol. The molecule has 0 aliphatic heterocycles. The van der Waals surface area contributed by atoms with Gasteiger partial charge in [-0.1, -0.05) is 13.3 Å². The second kappa shape index (κ2) is 5.65. The van der Waals surface area contributed by atoms with Crippen molar-refractivity contribution < 1.29 is 4.79 Å². The molecule has 1 amide bonds. The van der Waals surface area contributed by atoms with Crippen LogP contribution in [-0.2, 0) is 24.2 Å². The smallest absolute Gasteiger partial charge is 0.237 e. The molecule has 1 atom stereocenters. The molecule has 0 radical (unpaired) electrons. The van der Waals surface area contributed by atoms with Crippen molar-refractivity contribution in [1.29, 1.82) is 0 Å². The first-order chi connectivity index (χ1) is 8.20. The van der Waals surface area contributed by atoms with E-state index in [9.17, 15) is 4.79 Å². The van der Waals surface area contributed by atoms with Gasteiger partial charge in [-0.15, -0.1) is 11.3 Å². The minimum atomic E-state index is -0.355. The van der Waals surface area contributed by atoms with Crippen molar-refractivity contribution in [2.75, 3.05) is 0 Å². The molecule has 0 aromatic carbocycles. The molecular formula is C13H20N2OS. The Morgan fingerprint density at radius 2 is 2.41 bits per heavy atom. The molecule has 3 N–H and O–H groups in total. The summed E-state index contributed by atoms with van der Waals surface area (Å²) in [5, 5.41) is 2.92. The van der Waals surface area contributed by atoms with Crippen LogP contribution >= 0.6 is 11.3 Å². The second-order valence-corrected chi connectivity index (χ2v) is 5.85. The van der Waals surface area contributed by atoms with E-state index in [1.54, 1.807) is 0 Å². The third kappa shape index (κ3) is 3.07. The highest BCUT2D eigenvalue weighted by Gasteiger charge is 2.16. The molecule has 4 heteroatoms. The SMILES string of the molecule is CCCC(N)C(=O)NCc1cc2c(s1)CCC2. The van der Waals surface area contributed by atoms with E-state index in [1.807, 2.05) is 18.3 Å². The van der Waals surface area contributed by atoms with Crippen molar-refractivity contribution in [2.24, 2.45) is 5.73 Å². The van der Waals surface area contributed by atoms with E-state index in [-0.39, 0.29) is 11.9 Å². The van der Waals surface area contributed by atoms with Crippen LogP contribution in [0.2, 0.25) is 0 Å². The third-order valence-electron chi connectivity index (χ3n) is 3.17. The predicted molar refractivity (Wildman–Crippen MR) is 71.1 cm³/mol. The Morgan fingerprint density at radius 3 is 3.12 bits per heavy atom. The van der Waals surface area contributed by atoms with Crippen molar-refractivity contribution in [2.45, 2.75) is 51.6 Å². The van der Waals surface area contributed by atoms with Gasteiger partial charge in [0.05, 0.1) is 12.6 Å². The summed E-state index contributed by atoms with van der Waals surface area (Å²) in [5.74, 6) is -0.0274. The van der Waals surface area contributed by atoms with Gasteiger partial charge in [0.2, 0.25) is 5.91 Å². The van der Waals surface area contributed by atoms with Gasteiger partial charge in [-0.2, -0.15) is 0 Å². The number of nitrogens with two attached hydrogens (primary N) is 1. The molecule has 0 saturated heterocycles. The Morgan fingerprint density at radius 1 is 1.59 bits per heavy atom. The lowest BCUT2D eigenvalue weighted by molar-refractivity contribution is -0.122. The molecule has 1 aliphatic rings. The number of nitrogens with one attached hydrogen (secondary N) is 1. The molecule has 17 heavy (non-hydrogen) atoms. The van der Waals surface area contributed by atoms with Crippen molar-refractivity contribution in [3.63, 3.8) is 0 Å². The fourth-order valence-electron chi connectivity index (χ4n) is 2.23. The maximum atomic E-state index is 11.7. The summed E-state index contributed by atoms with van der Waals surface area (Å²) in [4.78, 5) is 14.4. The summed E-state index contributed by atoms with van der Waals surface area (Å²) in [6, 6.07) is 1.88. The highest BCUT2D eigenvalue weighted by molar-refractivity contribution is 7.12. The van der Waals surface area contributed by atoms with Crippen LogP contribution in [0.25, 0.3) is 0 Å². The lowest BCUT2D eigenvalue weighted by Gasteiger charge is -2.10. The topological polar surface area (TPSA) is 55.1 Å². The standard InChI is InChI=1S/C13H20N2OS/c1-2-4-11(14)13(16)15-8-10-7-9-5-3-6-12(9)17-10/h7,11H,2-6,8,14H2,1H3,(H,15,16). The van der Waals surface area contributed by atoms with Crippen LogP contribution < -0.4 is 11.1 Å². The van der Waals surface area contributed by atoms with Crippen LogP contribution in [0.5, 0.6) is 0 Å². The lowest BCUT2D eigenvalue weighted by atomic mass is 10.1. The van der Waals surface area contributed by atoms with E-state index in [1.165, 1.54) is 34.6 Å². The van der Waals surface area contributed by atoms with E-state index >= 15 is 0 Å². The monoisotopic (exact) mass is 252 g/mol. The molecule has 1 unspecified atom stereocenters. The number of fused-ring (bicyclic) bond motifs is 1. The maximum absolute atomic E-state index is 11.7. The minimum absolute atomic E-state index is 0.0274. The van der Waals surface area contributed by atoms with Crippen LogP contribution in [0.3, 0.4) is 0 Å². The van der Waals surface area contributed by atoms with Crippen molar-refractivity contribution >= 4 is 17.2 Å². The summed E-state index contributed by atoms with van der Waals surface area (Å²) in [6.45, 7) is 2.67. The number of aryl methyl sites for hydroxylation is 2. The molecule has 3 nitrogen and oxygen atoms in total. The summed E-state index contributed by atoms with van der Waals surface area (Å²) < 4.78 is 0. The molecule has 0 spiro atoms. The third-order valence-corrected chi connectivity index (χ3v) is 4.41. The van der Waals surface area contributed by atoms with E-state index in [2.05, 4.69) is 11.4 Å². The van der Waals surface area contributed by atoms with E-state index in [0.717, 1.165) is 12.8 Å². The molecule has 1 aromatic heterocycles. The van der Waals surface area contributed by atoms with Crippen molar-refractivity contribution in [1.82, 2.24) is 5.32 Å². The van der Waals surface area contributed by atoms with Crippen molar-refractivity contribution in [3.05, 3.63) is 21.4 Å². The number of carbonyl (C=O) groups is 1. The van der Waals surface area contributed by atoms with Gasteiger partial charge in [0.25, 0.3) is 0 Å². The van der Waals surface area contributed by atoms with Crippen molar-refractivity contribution in [3.8, 4) is 0 Å². The van der Waals surface area contributed by atoms with Crippen LogP contribution in [0.4, 0.5) is 0 Å². The fraction of sp³-hybridized carbons (Fsp3) is 0.615. The molecule has 2 rings (SSSR count). The average molecular weight is 252 g/mol. The van der Waals surface area contributed by atoms with Gasteiger partial charge in [0, 0.05) is 9.75 Å². The summed E-state index contributed by atoms with van der Waals surface area (Å²) in [5.41, 5.74) is 7.24. The lowest BCUT2D eigenvalue weighted by Crippen LogP contribution is -2.39. The van der Waals surface area contributed by atoms with Crippen LogP contribution in [-0.4, -0.2) is 11.9 Å².